The molecule has 0 amide bonds. The molecule has 0 aliphatic rings. The first-order chi connectivity index (χ1) is 6.56. The Labute approximate surface area is 82.0 Å². The van der Waals surface area contributed by atoms with Crippen LogP contribution in [0.3, 0.4) is 0 Å². The number of aliphatic hydroxyl groups is 2. The van der Waals surface area contributed by atoms with Gasteiger partial charge in [-0.05, 0) is 30.2 Å². The summed E-state index contributed by atoms with van der Waals surface area (Å²) in [6.07, 6.45) is -0.776. The van der Waals surface area contributed by atoms with E-state index < -0.39 is 18.0 Å². The summed E-state index contributed by atoms with van der Waals surface area (Å²) in [5.41, 5.74) is 6.64. The van der Waals surface area contributed by atoms with Crippen LogP contribution in [0.5, 0.6) is 0 Å². The number of hydrogen-bond donors (Lipinski definition) is 3. The first-order valence-corrected chi connectivity index (χ1v) is 4.39. The van der Waals surface area contributed by atoms with Crippen molar-refractivity contribution in [1.82, 2.24) is 0 Å². The van der Waals surface area contributed by atoms with Crippen LogP contribution in [0.2, 0.25) is 0 Å². The molecule has 0 saturated heterocycles. The summed E-state index contributed by atoms with van der Waals surface area (Å²) in [5, 5.41) is 18.2. The average Bonchev–Trinajstić information content (AvgIpc) is 2.16. The van der Waals surface area contributed by atoms with E-state index in [0.29, 0.717) is 11.1 Å². The van der Waals surface area contributed by atoms with Gasteiger partial charge in [0.15, 0.2) is 0 Å². The van der Waals surface area contributed by atoms with Gasteiger partial charge in [-0.2, -0.15) is 0 Å². The largest absolute Gasteiger partial charge is 0.392 e. The maximum Gasteiger partial charge on any atom is 0.123 e. The van der Waals surface area contributed by atoms with Gasteiger partial charge < -0.3 is 15.9 Å². The van der Waals surface area contributed by atoms with Gasteiger partial charge in [-0.1, -0.05) is 6.07 Å². The predicted molar refractivity (Wildman–Crippen MR) is 50.9 cm³/mol. The Balaban J connectivity index is 3.10. The lowest BCUT2D eigenvalue weighted by atomic mass is 9.98. The van der Waals surface area contributed by atoms with Gasteiger partial charge in [0.25, 0.3) is 0 Å². The zero-order valence-electron chi connectivity index (χ0n) is 7.94. The molecule has 2 unspecified atom stereocenters. The Morgan fingerprint density at radius 2 is 2.14 bits per heavy atom. The maximum absolute atomic E-state index is 12.9. The third kappa shape index (κ3) is 2.29. The molecule has 78 valence electrons. The van der Waals surface area contributed by atoms with Crippen molar-refractivity contribution in [2.75, 3.05) is 0 Å². The topological polar surface area (TPSA) is 66.5 Å². The van der Waals surface area contributed by atoms with Crippen molar-refractivity contribution in [3.05, 3.63) is 35.1 Å². The number of aliphatic hydroxyl groups excluding tert-OH is 2. The van der Waals surface area contributed by atoms with Crippen molar-refractivity contribution < 1.29 is 14.6 Å². The summed E-state index contributed by atoms with van der Waals surface area (Å²) >= 11 is 0. The van der Waals surface area contributed by atoms with E-state index in [2.05, 4.69) is 0 Å². The first-order valence-electron chi connectivity index (χ1n) is 4.39. The molecule has 3 nitrogen and oxygen atoms in total. The summed E-state index contributed by atoms with van der Waals surface area (Å²) < 4.78 is 12.9. The molecule has 4 heteroatoms. The van der Waals surface area contributed by atoms with Crippen LogP contribution in [0.4, 0.5) is 4.39 Å². The van der Waals surface area contributed by atoms with Crippen LogP contribution < -0.4 is 5.73 Å². The van der Waals surface area contributed by atoms with Crippen LogP contribution in [0.25, 0.3) is 0 Å². The van der Waals surface area contributed by atoms with Gasteiger partial charge >= 0.3 is 0 Å². The molecule has 0 aliphatic heterocycles. The van der Waals surface area contributed by atoms with Gasteiger partial charge in [-0.3, -0.25) is 0 Å². The summed E-state index contributed by atoms with van der Waals surface area (Å²) in [6, 6.07) is 3.28. The fourth-order valence-electron chi connectivity index (χ4n) is 1.28. The van der Waals surface area contributed by atoms with E-state index in [4.69, 9.17) is 10.8 Å². The average molecular weight is 199 g/mol. The van der Waals surface area contributed by atoms with Gasteiger partial charge in [-0.25, -0.2) is 4.39 Å². The van der Waals surface area contributed by atoms with Crippen LogP contribution in [-0.2, 0) is 6.61 Å². The Bertz CT molecular complexity index is 315. The third-order valence-corrected chi connectivity index (χ3v) is 2.16. The summed E-state index contributed by atoms with van der Waals surface area (Å²) in [5.74, 6) is -0.423. The molecule has 0 spiro atoms. The highest BCUT2D eigenvalue weighted by Gasteiger charge is 2.16. The lowest BCUT2D eigenvalue weighted by Crippen LogP contribution is -2.24. The van der Waals surface area contributed by atoms with Crippen LogP contribution in [0, 0.1) is 5.82 Å². The minimum atomic E-state index is -0.776. The number of benzene rings is 1. The molecule has 1 aromatic carbocycles. The van der Waals surface area contributed by atoms with E-state index in [0.717, 1.165) is 0 Å². The molecule has 2 atom stereocenters. The van der Waals surface area contributed by atoms with Crippen molar-refractivity contribution in [3.8, 4) is 0 Å². The fourth-order valence-corrected chi connectivity index (χ4v) is 1.28. The summed E-state index contributed by atoms with van der Waals surface area (Å²) in [7, 11) is 0. The standard InChI is InChI=1S/C10H14FNO2/c1-6(14)10(12)9-4-8(11)3-2-7(9)5-13/h2-4,6,10,13-14H,5,12H2,1H3. The Hall–Kier alpha value is -0.970. The van der Waals surface area contributed by atoms with Crippen LogP contribution in [-0.4, -0.2) is 16.3 Å². The quantitative estimate of drug-likeness (QED) is 0.671. The SMILES string of the molecule is CC(O)C(N)c1cc(F)ccc1CO. The molecule has 0 aromatic heterocycles. The minimum absolute atomic E-state index is 0.212. The van der Waals surface area contributed by atoms with E-state index in [1.165, 1.54) is 25.1 Å². The maximum atomic E-state index is 12.9. The Morgan fingerprint density at radius 3 is 2.64 bits per heavy atom. The number of hydrogen-bond acceptors (Lipinski definition) is 3. The van der Waals surface area contributed by atoms with Crippen molar-refractivity contribution in [2.45, 2.75) is 25.7 Å². The monoisotopic (exact) mass is 199 g/mol. The van der Waals surface area contributed by atoms with Gasteiger partial charge in [0.05, 0.1) is 18.8 Å². The van der Waals surface area contributed by atoms with Crippen molar-refractivity contribution in [1.29, 1.82) is 0 Å². The smallest absolute Gasteiger partial charge is 0.123 e. The second-order valence-electron chi connectivity index (χ2n) is 3.27. The van der Waals surface area contributed by atoms with Gasteiger partial charge in [0.1, 0.15) is 5.82 Å². The molecule has 0 aliphatic carbocycles. The highest BCUT2D eigenvalue weighted by Crippen LogP contribution is 2.20. The van der Waals surface area contributed by atoms with Gasteiger partial charge in [0, 0.05) is 0 Å². The number of rotatable bonds is 3. The van der Waals surface area contributed by atoms with E-state index in [1.807, 2.05) is 0 Å². The van der Waals surface area contributed by atoms with Crippen LogP contribution >= 0.6 is 0 Å². The van der Waals surface area contributed by atoms with Crippen molar-refractivity contribution in [2.24, 2.45) is 5.73 Å². The molecule has 1 aromatic rings. The molecule has 1 rings (SSSR count). The van der Waals surface area contributed by atoms with E-state index in [-0.39, 0.29) is 6.61 Å². The normalized spacial score (nSPS) is 15.2. The molecule has 0 fully saturated rings. The Kier molecular flexibility index (Phi) is 3.57. The summed E-state index contributed by atoms with van der Waals surface area (Å²) in [4.78, 5) is 0. The lowest BCUT2D eigenvalue weighted by molar-refractivity contribution is 0.162. The van der Waals surface area contributed by atoms with Crippen LogP contribution in [0.15, 0.2) is 18.2 Å². The second kappa shape index (κ2) is 4.50. The predicted octanol–water partition coefficient (Wildman–Crippen LogP) is 0.699. The molecule has 0 bridgehead atoms. The number of halogens is 1. The molecule has 0 heterocycles. The Morgan fingerprint density at radius 1 is 1.50 bits per heavy atom. The highest BCUT2D eigenvalue weighted by atomic mass is 19.1. The molecule has 4 N–H and O–H groups in total. The first kappa shape index (κ1) is 11.1. The summed E-state index contributed by atoms with van der Waals surface area (Å²) in [6.45, 7) is 1.31. The molecular formula is C10H14FNO2. The van der Waals surface area contributed by atoms with E-state index in [9.17, 15) is 9.50 Å². The fraction of sp³-hybridized carbons (Fsp3) is 0.400. The van der Waals surface area contributed by atoms with E-state index >= 15 is 0 Å². The highest BCUT2D eigenvalue weighted by molar-refractivity contribution is 5.30. The van der Waals surface area contributed by atoms with E-state index in [1.54, 1.807) is 0 Å². The van der Waals surface area contributed by atoms with Gasteiger partial charge in [-0.15, -0.1) is 0 Å². The number of nitrogens with two attached hydrogens (primary N) is 1. The van der Waals surface area contributed by atoms with Gasteiger partial charge in [0.2, 0.25) is 0 Å². The third-order valence-electron chi connectivity index (χ3n) is 2.16. The van der Waals surface area contributed by atoms with Crippen molar-refractivity contribution >= 4 is 0 Å². The zero-order chi connectivity index (χ0) is 10.7. The van der Waals surface area contributed by atoms with Crippen molar-refractivity contribution in [3.63, 3.8) is 0 Å². The molecule has 0 saturated carbocycles. The molecule has 14 heavy (non-hydrogen) atoms. The second-order valence-corrected chi connectivity index (χ2v) is 3.27. The lowest BCUT2D eigenvalue weighted by Gasteiger charge is -2.18. The minimum Gasteiger partial charge on any atom is -0.392 e. The molecular weight excluding hydrogens is 185 g/mol. The van der Waals surface area contributed by atoms with Crippen LogP contribution in [0.1, 0.15) is 24.1 Å². The zero-order valence-corrected chi connectivity index (χ0v) is 7.94. The molecule has 0 radical (unpaired) electrons.